The molecule has 1 aliphatic heterocycles. The zero-order chi connectivity index (χ0) is 14.8. The van der Waals surface area contributed by atoms with Crippen LogP contribution in [0.2, 0.25) is 0 Å². The van der Waals surface area contributed by atoms with Gasteiger partial charge >= 0.3 is 6.18 Å². The van der Waals surface area contributed by atoms with Gasteiger partial charge in [0.25, 0.3) is 0 Å². The molecule has 3 nitrogen and oxygen atoms in total. The Kier molecular flexibility index (Phi) is 4.97. The smallest absolute Gasteiger partial charge is 0.377 e. The van der Waals surface area contributed by atoms with E-state index >= 15 is 0 Å². The van der Waals surface area contributed by atoms with E-state index in [4.69, 9.17) is 10.5 Å². The van der Waals surface area contributed by atoms with Crippen molar-refractivity contribution in [3.8, 4) is 0 Å². The maximum atomic E-state index is 13.0. The summed E-state index contributed by atoms with van der Waals surface area (Å²) in [5, 5.41) is 0. The number of likely N-dealkylation sites (N-methyl/N-ethyl adjacent to an activating group) is 1. The van der Waals surface area contributed by atoms with E-state index < -0.39 is 17.6 Å². The highest BCUT2D eigenvalue weighted by molar-refractivity contribution is 4.97. The summed E-state index contributed by atoms with van der Waals surface area (Å²) in [7, 11) is 1.90. The normalized spacial score (nSPS) is 35.7. The molecular weight excluding hydrogens is 269 g/mol. The van der Waals surface area contributed by atoms with Gasteiger partial charge in [0.15, 0.2) is 0 Å². The van der Waals surface area contributed by atoms with Gasteiger partial charge in [-0.05, 0) is 39.2 Å². The number of nitrogens with zero attached hydrogens (tertiary/aromatic N) is 1. The van der Waals surface area contributed by atoms with Crippen LogP contribution in [0.15, 0.2) is 0 Å². The van der Waals surface area contributed by atoms with Gasteiger partial charge in [0.1, 0.15) is 0 Å². The fourth-order valence-electron chi connectivity index (χ4n) is 3.60. The monoisotopic (exact) mass is 294 g/mol. The van der Waals surface area contributed by atoms with E-state index in [1.807, 2.05) is 11.9 Å². The van der Waals surface area contributed by atoms with Gasteiger partial charge in [0.05, 0.1) is 12.0 Å². The Morgan fingerprint density at radius 2 is 2.05 bits per heavy atom. The van der Waals surface area contributed by atoms with E-state index in [2.05, 4.69) is 0 Å². The zero-order valence-corrected chi connectivity index (χ0v) is 12.1. The highest BCUT2D eigenvalue weighted by atomic mass is 19.4. The molecule has 1 aliphatic carbocycles. The highest BCUT2D eigenvalue weighted by Crippen LogP contribution is 2.43. The Bertz CT molecular complexity index is 318. The number of ether oxygens (including phenoxy) is 1. The number of nitrogens with two attached hydrogens (primary N) is 1. The van der Waals surface area contributed by atoms with Gasteiger partial charge < -0.3 is 10.5 Å². The topological polar surface area (TPSA) is 38.5 Å². The maximum absolute atomic E-state index is 13.0. The maximum Gasteiger partial charge on any atom is 0.391 e. The molecule has 2 aliphatic rings. The van der Waals surface area contributed by atoms with E-state index in [0.717, 1.165) is 25.9 Å². The standard InChI is InChI=1S/C14H25F3N2O/c1-19(9-12-5-3-7-20-12)13(10-18)6-2-4-11(8-13)14(15,16)17/h11-12H,2-10,18H2,1H3. The lowest BCUT2D eigenvalue weighted by Gasteiger charge is -2.47. The van der Waals surface area contributed by atoms with E-state index in [-0.39, 0.29) is 25.5 Å². The minimum Gasteiger partial charge on any atom is -0.377 e. The number of hydrogen-bond acceptors (Lipinski definition) is 3. The molecule has 0 amide bonds. The second-order valence-corrected chi connectivity index (χ2v) is 6.28. The summed E-state index contributed by atoms with van der Waals surface area (Å²) in [5.74, 6) is -1.22. The molecule has 1 heterocycles. The molecule has 6 heteroatoms. The van der Waals surface area contributed by atoms with Gasteiger partial charge in [-0.1, -0.05) is 6.42 Å². The molecule has 118 valence electrons. The van der Waals surface area contributed by atoms with Crippen LogP contribution in [0.5, 0.6) is 0 Å². The molecule has 2 fully saturated rings. The third-order valence-corrected chi connectivity index (χ3v) is 4.98. The fourth-order valence-corrected chi connectivity index (χ4v) is 3.60. The second-order valence-electron chi connectivity index (χ2n) is 6.28. The van der Waals surface area contributed by atoms with Crippen LogP contribution in [0.25, 0.3) is 0 Å². The van der Waals surface area contributed by atoms with Gasteiger partial charge in [-0.15, -0.1) is 0 Å². The summed E-state index contributed by atoms with van der Waals surface area (Å²) in [6.45, 7) is 1.73. The van der Waals surface area contributed by atoms with Crippen molar-refractivity contribution < 1.29 is 17.9 Å². The first kappa shape index (κ1) is 16.0. The van der Waals surface area contributed by atoms with Gasteiger partial charge in [0.2, 0.25) is 0 Å². The van der Waals surface area contributed by atoms with Crippen molar-refractivity contribution in [2.75, 3.05) is 26.7 Å². The summed E-state index contributed by atoms with van der Waals surface area (Å²) >= 11 is 0. The third-order valence-electron chi connectivity index (χ3n) is 4.98. The highest BCUT2D eigenvalue weighted by Gasteiger charge is 2.48. The van der Waals surface area contributed by atoms with Crippen LogP contribution < -0.4 is 5.73 Å². The molecule has 1 saturated heterocycles. The first-order chi connectivity index (χ1) is 9.37. The van der Waals surface area contributed by atoms with Crippen molar-refractivity contribution in [3.63, 3.8) is 0 Å². The predicted octanol–water partition coefficient (Wildman–Crippen LogP) is 2.55. The van der Waals surface area contributed by atoms with Crippen molar-refractivity contribution in [1.29, 1.82) is 0 Å². The molecule has 1 saturated carbocycles. The third kappa shape index (κ3) is 3.46. The van der Waals surface area contributed by atoms with Crippen molar-refractivity contribution in [1.82, 2.24) is 4.90 Å². The lowest BCUT2D eigenvalue weighted by Crippen LogP contribution is -2.57. The Morgan fingerprint density at radius 1 is 1.30 bits per heavy atom. The van der Waals surface area contributed by atoms with Crippen LogP contribution in [-0.2, 0) is 4.74 Å². The van der Waals surface area contributed by atoms with Crippen LogP contribution in [0.1, 0.15) is 38.5 Å². The molecule has 0 aromatic heterocycles. The van der Waals surface area contributed by atoms with Crippen LogP contribution in [0.4, 0.5) is 13.2 Å². The van der Waals surface area contributed by atoms with E-state index in [0.29, 0.717) is 13.0 Å². The van der Waals surface area contributed by atoms with Crippen molar-refractivity contribution in [2.24, 2.45) is 11.7 Å². The fraction of sp³-hybridized carbons (Fsp3) is 1.00. The summed E-state index contributed by atoms with van der Waals surface area (Å²) < 4.78 is 44.6. The number of rotatable bonds is 4. The molecule has 2 N–H and O–H groups in total. The van der Waals surface area contributed by atoms with Gasteiger partial charge in [0, 0.05) is 25.2 Å². The van der Waals surface area contributed by atoms with Crippen LogP contribution in [-0.4, -0.2) is 49.5 Å². The van der Waals surface area contributed by atoms with Gasteiger partial charge in [-0.3, -0.25) is 4.90 Å². The lowest BCUT2D eigenvalue weighted by molar-refractivity contribution is -0.193. The van der Waals surface area contributed by atoms with E-state index in [1.165, 1.54) is 0 Å². The summed E-state index contributed by atoms with van der Waals surface area (Å²) in [5.41, 5.74) is 5.35. The quantitative estimate of drug-likeness (QED) is 0.866. The molecule has 0 aromatic rings. The molecule has 20 heavy (non-hydrogen) atoms. The van der Waals surface area contributed by atoms with Crippen LogP contribution >= 0.6 is 0 Å². The van der Waals surface area contributed by atoms with E-state index in [9.17, 15) is 13.2 Å². The molecule has 0 bridgehead atoms. The summed E-state index contributed by atoms with van der Waals surface area (Å²) in [6, 6.07) is 0. The molecule has 0 spiro atoms. The van der Waals surface area contributed by atoms with Gasteiger partial charge in [-0.2, -0.15) is 13.2 Å². The molecule has 3 atom stereocenters. The number of halogens is 3. The lowest BCUT2D eigenvalue weighted by atomic mass is 9.74. The molecule has 2 rings (SSSR count). The molecule has 0 aromatic carbocycles. The van der Waals surface area contributed by atoms with Crippen molar-refractivity contribution >= 4 is 0 Å². The zero-order valence-electron chi connectivity index (χ0n) is 12.1. The summed E-state index contributed by atoms with van der Waals surface area (Å²) in [6.07, 6.45) is -0.223. The largest absolute Gasteiger partial charge is 0.391 e. The molecule has 0 radical (unpaired) electrons. The average Bonchev–Trinajstić information content (AvgIpc) is 2.90. The SMILES string of the molecule is CN(CC1CCCO1)C1(CN)CCCC(C(F)(F)F)C1. The number of alkyl halides is 3. The minimum atomic E-state index is -4.11. The van der Waals surface area contributed by atoms with Crippen LogP contribution in [0.3, 0.4) is 0 Å². The summed E-state index contributed by atoms with van der Waals surface area (Å²) in [4.78, 5) is 2.03. The van der Waals surface area contributed by atoms with Crippen molar-refractivity contribution in [3.05, 3.63) is 0 Å². The van der Waals surface area contributed by atoms with Crippen molar-refractivity contribution in [2.45, 2.75) is 56.3 Å². The van der Waals surface area contributed by atoms with Gasteiger partial charge in [-0.25, -0.2) is 0 Å². The minimum absolute atomic E-state index is 0.121. The Balaban J connectivity index is 2.03. The second kappa shape index (κ2) is 6.20. The predicted molar refractivity (Wildman–Crippen MR) is 71.4 cm³/mol. The average molecular weight is 294 g/mol. The number of hydrogen-bond donors (Lipinski definition) is 1. The first-order valence-electron chi connectivity index (χ1n) is 7.47. The molecule has 3 unspecified atom stereocenters. The molecular formula is C14H25F3N2O. The Morgan fingerprint density at radius 3 is 2.60 bits per heavy atom. The Labute approximate surface area is 118 Å². The van der Waals surface area contributed by atoms with Crippen LogP contribution in [0, 0.1) is 5.92 Å². The first-order valence-corrected chi connectivity index (χ1v) is 7.47. The Hall–Kier alpha value is -0.330. The van der Waals surface area contributed by atoms with E-state index in [1.54, 1.807) is 0 Å².